The third-order valence-electron chi connectivity index (χ3n) is 2.37. The molecule has 7 nitrogen and oxygen atoms in total. The molecule has 0 atom stereocenters. The van der Waals surface area contributed by atoms with Crippen molar-refractivity contribution >= 4 is 11.8 Å². The lowest BCUT2D eigenvalue weighted by Gasteiger charge is -2.06. The maximum absolute atomic E-state index is 11.8. The molecular formula is C14H18N4O3. The molecule has 0 spiro atoms. The van der Waals surface area contributed by atoms with Crippen LogP contribution in [-0.4, -0.2) is 50.1 Å². The van der Waals surface area contributed by atoms with Crippen molar-refractivity contribution in [3.63, 3.8) is 0 Å². The molecule has 1 rings (SSSR count). The minimum absolute atomic E-state index is 0.112. The van der Waals surface area contributed by atoms with E-state index in [1.807, 2.05) is 0 Å². The summed E-state index contributed by atoms with van der Waals surface area (Å²) in [5.74, 6) is 4.79. The number of ether oxygens (including phenoxy) is 1. The van der Waals surface area contributed by atoms with Crippen LogP contribution in [0.5, 0.6) is 0 Å². The Morgan fingerprint density at radius 3 is 2.81 bits per heavy atom. The molecule has 0 saturated heterocycles. The van der Waals surface area contributed by atoms with E-state index >= 15 is 0 Å². The molecule has 1 heterocycles. The molecule has 0 saturated carbocycles. The van der Waals surface area contributed by atoms with Gasteiger partial charge in [0.05, 0.1) is 19.7 Å². The number of carbonyl (C=O) groups excluding carboxylic acids is 2. The molecule has 2 amide bonds. The summed E-state index contributed by atoms with van der Waals surface area (Å²) in [5.41, 5.74) is 6.16. The van der Waals surface area contributed by atoms with E-state index in [1.54, 1.807) is 19.2 Å². The van der Waals surface area contributed by atoms with Crippen LogP contribution in [0.3, 0.4) is 0 Å². The molecule has 4 N–H and O–H groups in total. The Bertz CT molecular complexity index is 531. The first kappa shape index (κ1) is 16.6. The first-order valence-electron chi connectivity index (χ1n) is 6.36. The Hall–Kier alpha value is -2.43. The Morgan fingerprint density at radius 1 is 1.38 bits per heavy atom. The number of nitrogens with two attached hydrogens (primary N) is 1. The fourth-order valence-corrected chi connectivity index (χ4v) is 1.36. The molecule has 0 bridgehead atoms. The predicted molar refractivity (Wildman–Crippen MR) is 77.4 cm³/mol. The first-order valence-corrected chi connectivity index (χ1v) is 6.36. The lowest BCUT2D eigenvalue weighted by molar-refractivity contribution is -0.120. The highest BCUT2D eigenvalue weighted by Crippen LogP contribution is 1.98. The van der Waals surface area contributed by atoms with Gasteiger partial charge in [-0.05, 0) is 12.1 Å². The molecule has 0 aliphatic heterocycles. The molecular weight excluding hydrogens is 272 g/mol. The van der Waals surface area contributed by atoms with Gasteiger partial charge in [0.1, 0.15) is 5.69 Å². The lowest BCUT2D eigenvalue weighted by Crippen LogP contribution is -2.38. The maximum atomic E-state index is 11.8. The topological polar surface area (TPSA) is 106 Å². The summed E-state index contributed by atoms with van der Waals surface area (Å²) in [4.78, 5) is 27.1. The molecule has 1 aromatic rings. The zero-order valence-corrected chi connectivity index (χ0v) is 11.8. The number of nitrogens with one attached hydrogen (secondary N) is 2. The van der Waals surface area contributed by atoms with Gasteiger partial charge >= 0.3 is 0 Å². The van der Waals surface area contributed by atoms with Crippen molar-refractivity contribution in [3.05, 3.63) is 29.6 Å². The Labute approximate surface area is 123 Å². The highest BCUT2D eigenvalue weighted by molar-refractivity contribution is 5.94. The zero-order valence-electron chi connectivity index (χ0n) is 11.8. The molecule has 21 heavy (non-hydrogen) atoms. The fourth-order valence-electron chi connectivity index (χ4n) is 1.36. The third kappa shape index (κ3) is 6.51. The van der Waals surface area contributed by atoms with Gasteiger partial charge in [-0.2, -0.15) is 0 Å². The lowest BCUT2D eigenvalue weighted by atomic mass is 10.2. The molecule has 0 aromatic carbocycles. The van der Waals surface area contributed by atoms with Gasteiger partial charge in [-0.1, -0.05) is 11.8 Å². The Kier molecular flexibility index (Phi) is 7.50. The number of pyridine rings is 1. The van der Waals surface area contributed by atoms with Crippen molar-refractivity contribution < 1.29 is 14.3 Å². The second-order valence-electron chi connectivity index (χ2n) is 3.96. The molecule has 0 aliphatic carbocycles. The van der Waals surface area contributed by atoms with Crippen LogP contribution in [0.15, 0.2) is 18.3 Å². The van der Waals surface area contributed by atoms with Crippen molar-refractivity contribution in [2.75, 3.05) is 33.4 Å². The largest absolute Gasteiger partial charge is 0.383 e. The predicted octanol–water partition coefficient (Wildman–Crippen LogP) is -1.12. The van der Waals surface area contributed by atoms with Crippen LogP contribution < -0.4 is 16.4 Å². The standard InChI is InChI=1S/C14H18N4O3/c1-21-8-7-16-13(19)10-18-14(20)12-5-4-11(9-17-12)3-2-6-15/h4-5,9H,6-8,10,15H2,1H3,(H,16,19)(H,18,20). The van der Waals surface area contributed by atoms with E-state index in [1.165, 1.54) is 6.20 Å². The summed E-state index contributed by atoms with van der Waals surface area (Å²) in [6.07, 6.45) is 1.48. The third-order valence-corrected chi connectivity index (χ3v) is 2.37. The van der Waals surface area contributed by atoms with Crippen molar-refractivity contribution in [2.24, 2.45) is 5.73 Å². The molecule has 0 fully saturated rings. The van der Waals surface area contributed by atoms with E-state index in [0.717, 1.165) is 0 Å². The summed E-state index contributed by atoms with van der Waals surface area (Å²) in [6.45, 7) is 0.976. The Morgan fingerprint density at radius 2 is 2.19 bits per heavy atom. The molecule has 0 aliphatic rings. The van der Waals surface area contributed by atoms with Crippen molar-refractivity contribution in [1.29, 1.82) is 0 Å². The number of amides is 2. The van der Waals surface area contributed by atoms with E-state index in [0.29, 0.717) is 18.7 Å². The van der Waals surface area contributed by atoms with Crippen molar-refractivity contribution in [2.45, 2.75) is 0 Å². The SMILES string of the molecule is COCCNC(=O)CNC(=O)c1ccc(C#CCN)cn1. The smallest absolute Gasteiger partial charge is 0.270 e. The first-order chi connectivity index (χ1) is 10.2. The quantitative estimate of drug-likeness (QED) is 0.455. The number of rotatable bonds is 6. The zero-order chi connectivity index (χ0) is 15.5. The van der Waals surface area contributed by atoms with Crippen LogP contribution in [0.4, 0.5) is 0 Å². The van der Waals surface area contributed by atoms with Crippen LogP contribution in [-0.2, 0) is 9.53 Å². The van der Waals surface area contributed by atoms with Gasteiger partial charge in [-0.15, -0.1) is 0 Å². The number of carbonyl (C=O) groups is 2. The minimum atomic E-state index is -0.421. The normalized spacial score (nSPS) is 9.43. The fraction of sp³-hybridized carbons (Fsp3) is 0.357. The van der Waals surface area contributed by atoms with E-state index < -0.39 is 5.91 Å². The second-order valence-corrected chi connectivity index (χ2v) is 3.96. The number of hydrogen-bond acceptors (Lipinski definition) is 5. The van der Waals surface area contributed by atoms with Crippen molar-refractivity contribution in [3.8, 4) is 11.8 Å². The summed E-state index contributed by atoms with van der Waals surface area (Å²) >= 11 is 0. The molecule has 0 radical (unpaired) electrons. The van der Waals surface area contributed by atoms with Gasteiger partial charge in [-0.25, -0.2) is 4.98 Å². The van der Waals surface area contributed by atoms with Gasteiger partial charge < -0.3 is 21.1 Å². The molecule has 1 aromatic heterocycles. The average molecular weight is 290 g/mol. The highest BCUT2D eigenvalue weighted by atomic mass is 16.5. The Balaban J connectivity index is 2.43. The van der Waals surface area contributed by atoms with Crippen LogP contribution >= 0.6 is 0 Å². The summed E-state index contributed by atoms with van der Waals surface area (Å²) in [6, 6.07) is 3.21. The number of hydrogen-bond donors (Lipinski definition) is 3. The second kappa shape index (κ2) is 9.47. The van der Waals surface area contributed by atoms with Crippen LogP contribution in [0.25, 0.3) is 0 Å². The van der Waals surface area contributed by atoms with Gasteiger partial charge in [-0.3, -0.25) is 9.59 Å². The number of nitrogens with zero attached hydrogens (tertiary/aromatic N) is 1. The number of methoxy groups -OCH3 is 1. The average Bonchev–Trinajstić information content (AvgIpc) is 2.51. The van der Waals surface area contributed by atoms with Gasteiger partial charge in [0, 0.05) is 25.4 Å². The van der Waals surface area contributed by atoms with E-state index in [2.05, 4.69) is 27.5 Å². The maximum Gasteiger partial charge on any atom is 0.270 e. The van der Waals surface area contributed by atoms with E-state index in [4.69, 9.17) is 10.5 Å². The summed E-state index contributed by atoms with van der Waals surface area (Å²) in [7, 11) is 1.54. The molecule has 0 unspecified atom stereocenters. The van der Waals surface area contributed by atoms with Crippen LogP contribution in [0.2, 0.25) is 0 Å². The number of aromatic nitrogens is 1. The summed E-state index contributed by atoms with van der Waals surface area (Å²) in [5, 5.41) is 5.07. The molecule has 112 valence electrons. The van der Waals surface area contributed by atoms with E-state index in [9.17, 15) is 9.59 Å². The monoisotopic (exact) mass is 290 g/mol. The van der Waals surface area contributed by atoms with Crippen molar-refractivity contribution in [1.82, 2.24) is 15.6 Å². The molecule has 7 heteroatoms. The van der Waals surface area contributed by atoms with Gasteiger partial charge in [0.2, 0.25) is 5.91 Å². The minimum Gasteiger partial charge on any atom is -0.383 e. The van der Waals surface area contributed by atoms with Crippen LogP contribution in [0, 0.1) is 11.8 Å². The summed E-state index contributed by atoms with van der Waals surface area (Å²) < 4.78 is 4.80. The highest BCUT2D eigenvalue weighted by Gasteiger charge is 2.08. The van der Waals surface area contributed by atoms with E-state index in [-0.39, 0.29) is 24.7 Å². The van der Waals surface area contributed by atoms with Crippen LogP contribution in [0.1, 0.15) is 16.1 Å². The van der Waals surface area contributed by atoms with Gasteiger partial charge in [0.25, 0.3) is 5.91 Å². The van der Waals surface area contributed by atoms with Gasteiger partial charge in [0.15, 0.2) is 0 Å².